The topological polar surface area (TPSA) is 68.2 Å². The molecule has 0 saturated carbocycles. The Labute approximate surface area is 182 Å². The highest BCUT2D eigenvalue weighted by molar-refractivity contribution is 7.88. The zero-order chi connectivity index (χ0) is 21.8. The van der Waals surface area contributed by atoms with E-state index < -0.39 is 10.0 Å². The number of hydrogen-bond donors (Lipinski definition) is 1. The van der Waals surface area contributed by atoms with Gasteiger partial charge >= 0.3 is 0 Å². The van der Waals surface area contributed by atoms with Crippen LogP contribution in [-0.4, -0.2) is 93.6 Å². The molecule has 0 aromatic heterocycles. The summed E-state index contributed by atoms with van der Waals surface area (Å²) < 4.78 is 24.9. The first-order valence-corrected chi connectivity index (χ1v) is 12.7. The number of sulfonamides is 1. The molecule has 0 atom stereocenters. The highest BCUT2D eigenvalue weighted by Crippen LogP contribution is 2.06. The van der Waals surface area contributed by atoms with E-state index in [1.807, 2.05) is 13.0 Å². The van der Waals surface area contributed by atoms with Gasteiger partial charge in [0, 0.05) is 58.9 Å². The fraction of sp³-hybridized carbons (Fsp3) is 0.591. The fourth-order valence-electron chi connectivity index (χ4n) is 3.46. The monoisotopic (exact) mass is 435 g/mol. The van der Waals surface area contributed by atoms with Crippen LogP contribution in [0.25, 0.3) is 6.08 Å². The molecule has 0 bridgehead atoms. The quantitative estimate of drug-likeness (QED) is 0.346. The van der Waals surface area contributed by atoms with Crippen molar-refractivity contribution in [1.29, 1.82) is 0 Å². The van der Waals surface area contributed by atoms with Crippen LogP contribution in [0.3, 0.4) is 0 Å². The Morgan fingerprint density at radius 1 is 1.17 bits per heavy atom. The molecule has 1 N–H and O–H groups in total. The summed E-state index contributed by atoms with van der Waals surface area (Å²) in [5, 5.41) is 3.38. The Balaban J connectivity index is 1.78. The van der Waals surface area contributed by atoms with Crippen molar-refractivity contribution >= 4 is 22.1 Å². The SMILES string of the molecule is CCNC(=NCCCN(CC)S(C)(=O)=O)N1CCN(C/C=C/c2ccccc2)CC1. The summed E-state index contributed by atoms with van der Waals surface area (Å²) in [6, 6.07) is 10.4. The van der Waals surface area contributed by atoms with Gasteiger partial charge < -0.3 is 10.2 Å². The van der Waals surface area contributed by atoms with E-state index >= 15 is 0 Å². The number of nitrogens with zero attached hydrogens (tertiary/aromatic N) is 4. The van der Waals surface area contributed by atoms with Gasteiger partial charge in [-0.15, -0.1) is 0 Å². The summed E-state index contributed by atoms with van der Waals surface area (Å²) in [5.74, 6) is 0.930. The lowest BCUT2D eigenvalue weighted by atomic mass is 10.2. The maximum absolute atomic E-state index is 11.7. The summed E-state index contributed by atoms with van der Waals surface area (Å²) in [5.41, 5.74) is 1.23. The summed E-state index contributed by atoms with van der Waals surface area (Å²) in [6.07, 6.45) is 6.39. The van der Waals surface area contributed by atoms with Crippen LogP contribution >= 0.6 is 0 Å². The number of rotatable bonds is 10. The van der Waals surface area contributed by atoms with Crippen LogP contribution in [0.4, 0.5) is 0 Å². The summed E-state index contributed by atoms with van der Waals surface area (Å²) >= 11 is 0. The van der Waals surface area contributed by atoms with Crippen LogP contribution in [0, 0.1) is 0 Å². The fourth-order valence-corrected chi connectivity index (χ4v) is 4.39. The van der Waals surface area contributed by atoms with E-state index in [2.05, 4.69) is 58.5 Å². The van der Waals surface area contributed by atoms with E-state index in [0.717, 1.165) is 51.6 Å². The van der Waals surface area contributed by atoms with Crippen molar-refractivity contribution in [3.63, 3.8) is 0 Å². The predicted molar refractivity (Wildman–Crippen MR) is 126 cm³/mol. The van der Waals surface area contributed by atoms with Crippen LogP contribution in [-0.2, 0) is 10.0 Å². The zero-order valence-electron chi connectivity index (χ0n) is 18.6. The van der Waals surface area contributed by atoms with Gasteiger partial charge in [-0.05, 0) is 18.9 Å². The van der Waals surface area contributed by atoms with Crippen LogP contribution in [0.1, 0.15) is 25.8 Å². The predicted octanol–water partition coefficient (Wildman–Crippen LogP) is 1.95. The normalized spacial score (nSPS) is 16.5. The molecule has 2 rings (SSSR count). The van der Waals surface area contributed by atoms with Gasteiger partial charge in [0.2, 0.25) is 10.0 Å². The molecule has 0 unspecified atom stereocenters. The minimum atomic E-state index is -3.13. The molecule has 1 aromatic carbocycles. The molecule has 168 valence electrons. The van der Waals surface area contributed by atoms with Crippen molar-refractivity contribution in [3.05, 3.63) is 42.0 Å². The summed E-state index contributed by atoms with van der Waals surface area (Å²) in [4.78, 5) is 9.48. The van der Waals surface area contributed by atoms with Crippen molar-refractivity contribution in [1.82, 2.24) is 19.4 Å². The molecular formula is C22H37N5O2S. The highest BCUT2D eigenvalue weighted by Gasteiger charge is 2.19. The maximum atomic E-state index is 11.7. The molecule has 1 fully saturated rings. The van der Waals surface area contributed by atoms with Gasteiger partial charge in [0.05, 0.1) is 6.26 Å². The Morgan fingerprint density at radius 3 is 2.47 bits per heavy atom. The summed E-state index contributed by atoms with van der Waals surface area (Å²) in [7, 11) is -3.13. The lowest BCUT2D eigenvalue weighted by Gasteiger charge is -2.36. The van der Waals surface area contributed by atoms with Gasteiger partial charge in [0.15, 0.2) is 5.96 Å². The van der Waals surface area contributed by atoms with E-state index in [4.69, 9.17) is 4.99 Å². The Kier molecular flexibility index (Phi) is 10.3. The van der Waals surface area contributed by atoms with Crippen molar-refractivity contribution in [2.75, 3.05) is 65.2 Å². The number of aliphatic imine (C=N–C) groups is 1. The average molecular weight is 436 g/mol. The Hall–Kier alpha value is -1.90. The Bertz CT molecular complexity index is 772. The molecule has 0 aliphatic carbocycles. The number of benzene rings is 1. The first kappa shape index (κ1) is 24.4. The van der Waals surface area contributed by atoms with Crippen LogP contribution in [0.2, 0.25) is 0 Å². The molecule has 1 heterocycles. The van der Waals surface area contributed by atoms with E-state index in [-0.39, 0.29) is 0 Å². The third kappa shape index (κ3) is 8.45. The minimum absolute atomic E-state index is 0.503. The molecule has 1 saturated heterocycles. The maximum Gasteiger partial charge on any atom is 0.211 e. The van der Waals surface area contributed by atoms with Crippen molar-refractivity contribution < 1.29 is 8.42 Å². The molecule has 1 aromatic rings. The van der Waals surface area contributed by atoms with Crippen molar-refractivity contribution in [3.8, 4) is 0 Å². The first-order valence-electron chi connectivity index (χ1n) is 10.9. The third-order valence-corrected chi connectivity index (χ3v) is 6.51. The van der Waals surface area contributed by atoms with Crippen LogP contribution < -0.4 is 5.32 Å². The molecule has 1 aliphatic rings. The average Bonchev–Trinajstić information content (AvgIpc) is 2.73. The van der Waals surface area contributed by atoms with E-state index in [1.54, 1.807) is 0 Å². The van der Waals surface area contributed by atoms with E-state index in [0.29, 0.717) is 19.6 Å². The van der Waals surface area contributed by atoms with Crippen LogP contribution in [0.5, 0.6) is 0 Å². The molecule has 7 nitrogen and oxygen atoms in total. The van der Waals surface area contributed by atoms with Gasteiger partial charge in [-0.3, -0.25) is 9.89 Å². The van der Waals surface area contributed by atoms with E-state index in [9.17, 15) is 8.42 Å². The van der Waals surface area contributed by atoms with Crippen molar-refractivity contribution in [2.45, 2.75) is 20.3 Å². The summed E-state index contributed by atoms with van der Waals surface area (Å²) in [6.45, 7) is 11.2. The number of nitrogens with one attached hydrogen (secondary N) is 1. The molecule has 0 radical (unpaired) electrons. The van der Waals surface area contributed by atoms with Crippen LogP contribution in [0.15, 0.2) is 41.4 Å². The van der Waals surface area contributed by atoms with E-state index in [1.165, 1.54) is 16.1 Å². The second-order valence-electron chi connectivity index (χ2n) is 7.44. The molecule has 8 heteroatoms. The van der Waals surface area contributed by atoms with Gasteiger partial charge in [-0.1, -0.05) is 49.4 Å². The van der Waals surface area contributed by atoms with Gasteiger partial charge in [-0.2, -0.15) is 0 Å². The standard InChI is InChI=1S/C22H37N5O2S/c1-4-23-22(24-14-10-16-27(5-2)30(3,28)29)26-19-17-25(18-20-26)15-9-13-21-11-7-6-8-12-21/h6-9,11-13H,4-5,10,14-20H2,1-3H3,(H,23,24)/b13-9+. The van der Waals surface area contributed by atoms with Gasteiger partial charge in [0.1, 0.15) is 0 Å². The third-order valence-electron chi connectivity index (χ3n) is 5.13. The second-order valence-corrected chi connectivity index (χ2v) is 9.43. The van der Waals surface area contributed by atoms with Crippen molar-refractivity contribution in [2.24, 2.45) is 4.99 Å². The molecule has 30 heavy (non-hydrogen) atoms. The number of guanidine groups is 1. The zero-order valence-corrected chi connectivity index (χ0v) is 19.4. The Morgan fingerprint density at radius 2 is 1.87 bits per heavy atom. The number of piperazine rings is 1. The second kappa shape index (κ2) is 12.7. The lowest BCUT2D eigenvalue weighted by Crippen LogP contribution is -2.52. The number of hydrogen-bond acceptors (Lipinski definition) is 4. The van der Waals surface area contributed by atoms with Gasteiger partial charge in [-0.25, -0.2) is 12.7 Å². The first-order chi connectivity index (χ1) is 14.4. The largest absolute Gasteiger partial charge is 0.357 e. The molecular weight excluding hydrogens is 398 g/mol. The highest BCUT2D eigenvalue weighted by atomic mass is 32.2. The molecule has 1 aliphatic heterocycles. The van der Waals surface area contributed by atoms with Gasteiger partial charge in [0.25, 0.3) is 0 Å². The molecule has 0 spiro atoms. The molecule has 0 amide bonds. The minimum Gasteiger partial charge on any atom is -0.357 e. The smallest absolute Gasteiger partial charge is 0.211 e. The lowest BCUT2D eigenvalue weighted by molar-refractivity contribution is 0.194.